The van der Waals surface area contributed by atoms with E-state index in [0.717, 1.165) is 22.2 Å². The molecule has 0 atom stereocenters. The highest BCUT2D eigenvalue weighted by Crippen LogP contribution is 2.33. The van der Waals surface area contributed by atoms with Gasteiger partial charge in [-0.05, 0) is 24.3 Å². The molecule has 1 aliphatic heterocycles. The van der Waals surface area contributed by atoms with Gasteiger partial charge in [-0.1, -0.05) is 54.3 Å². The summed E-state index contributed by atoms with van der Waals surface area (Å²) in [6.45, 7) is 1.16. The third-order valence-electron chi connectivity index (χ3n) is 4.75. The number of methoxy groups -OCH3 is 1. The number of aromatic nitrogens is 1. The summed E-state index contributed by atoms with van der Waals surface area (Å²) in [6, 6.07) is 15.7. The zero-order valence-corrected chi connectivity index (χ0v) is 17.8. The molecule has 4 rings (SSSR count). The highest BCUT2D eigenvalue weighted by atomic mass is 32.2. The Morgan fingerprint density at radius 1 is 1.10 bits per heavy atom. The molecule has 0 bridgehead atoms. The standard InChI is InChI=1S/C22H20N2O3S2/c1-23-21(25)20(29-22(23)28)13-15-14-24(17-8-4-3-7-16(15)17)11-12-27-19-10-6-5-9-18(19)26-2/h3-10,13-14H,11-12H2,1-2H3/b20-13-. The van der Waals surface area contributed by atoms with Gasteiger partial charge < -0.3 is 14.0 Å². The lowest BCUT2D eigenvalue weighted by Crippen LogP contribution is -2.22. The molecule has 0 N–H and O–H groups in total. The molecule has 148 valence electrons. The van der Waals surface area contributed by atoms with Crippen LogP contribution in [0.3, 0.4) is 0 Å². The van der Waals surface area contributed by atoms with Crippen molar-refractivity contribution in [3.8, 4) is 11.5 Å². The lowest BCUT2D eigenvalue weighted by atomic mass is 10.1. The average molecular weight is 425 g/mol. The molecule has 1 aliphatic rings. The van der Waals surface area contributed by atoms with Crippen LogP contribution in [0.2, 0.25) is 0 Å². The Morgan fingerprint density at radius 3 is 2.55 bits per heavy atom. The van der Waals surface area contributed by atoms with Gasteiger partial charge in [0.05, 0.1) is 18.6 Å². The minimum Gasteiger partial charge on any atom is -0.493 e. The molecular weight excluding hydrogens is 404 g/mol. The predicted molar refractivity (Wildman–Crippen MR) is 121 cm³/mol. The second-order valence-electron chi connectivity index (χ2n) is 6.54. The summed E-state index contributed by atoms with van der Waals surface area (Å²) in [7, 11) is 3.34. The number of benzene rings is 2. The maximum atomic E-state index is 12.4. The number of para-hydroxylation sites is 3. The van der Waals surface area contributed by atoms with E-state index in [9.17, 15) is 4.79 Å². The Kier molecular flexibility index (Phi) is 5.60. The predicted octanol–water partition coefficient (Wildman–Crippen LogP) is 4.56. The molecule has 1 saturated heterocycles. The molecular formula is C22H20N2O3S2. The second-order valence-corrected chi connectivity index (χ2v) is 8.21. The number of carbonyl (C=O) groups excluding carboxylic acids is 1. The van der Waals surface area contributed by atoms with Gasteiger partial charge in [-0.3, -0.25) is 9.69 Å². The van der Waals surface area contributed by atoms with Crippen molar-refractivity contribution in [3.63, 3.8) is 0 Å². The van der Waals surface area contributed by atoms with E-state index in [-0.39, 0.29) is 5.91 Å². The van der Waals surface area contributed by atoms with Gasteiger partial charge in [-0.25, -0.2) is 0 Å². The van der Waals surface area contributed by atoms with Gasteiger partial charge in [0.2, 0.25) is 0 Å². The summed E-state index contributed by atoms with van der Waals surface area (Å²) in [5.74, 6) is 1.38. The Hall–Kier alpha value is -2.77. The number of hydrogen-bond donors (Lipinski definition) is 0. The maximum absolute atomic E-state index is 12.4. The molecule has 1 aromatic heterocycles. The molecule has 0 saturated carbocycles. The topological polar surface area (TPSA) is 43.7 Å². The fourth-order valence-electron chi connectivity index (χ4n) is 3.25. The van der Waals surface area contributed by atoms with Crippen LogP contribution >= 0.6 is 24.0 Å². The van der Waals surface area contributed by atoms with Crippen LogP contribution in [0.25, 0.3) is 17.0 Å². The number of thiocarbonyl (C=S) groups is 1. The molecule has 0 aliphatic carbocycles. The summed E-state index contributed by atoms with van der Waals surface area (Å²) in [5, 5.41) is 1.09. The molecule has 0 radical (unpaired) electrons. The van der Waals surface area contributed by atoms with Gasteiger partial charge in [0, 0.05) is 29.7 Å². The molecule has 7 heteroatoms. The van der Waals surface area contributed by atoms with Crippen molar-refractivity contribution in [1.82, 2.24) is 9.47 Å². The zero-order valence-electron chi connectivity index (χ0n) is 16.1. The van der Waals surface area contributed by atoms with Crippen LogP contribution in [-0.4, -0.2) is 40.5 Å². The molecule has 3 aromatic rings. The number of ether oxygens (including phenoxy) is 2. The van der Waals surface area contributed by atoms with Gasteiger partial charge in [-0.15, -0.1) is 0 Å². The second kappa shape index (κ2) is 8.31. The van der Waals surface area contributed by atoms with Crippen LogP contribution in [0.4, 0.5) is 0 Å². The average Bonchev–Trinajstić information content (AvgIpc) is 3.21. The molecule has 1 fully saturated rings. The lowest BCUT2D eigenvalue weighted by molar-refractivity contribution is -0.121. The Balaban J connectivity index is 1.58. The molecule has 1 amide bonds. The van der Waals surface area contributed by atoms with E-state index in [4.69, 9.17) is 21.7 Å². The summed E-state index contributed by atoms with van der Waals surface area (Å²) >= 11 is 6.57. The normalized spacial score (nSPS) is 15.5. The minimum absolute atomic E-state index is 0.0589. The molecule has 5 nitrogen and oxygen atoms in total. The van der Waals surface area contributed by atoms with Crippen LogP contribution in [0.5, 0.6) is 11.5 Å². The van der Waals surface area contributed by atoms with Gasteiger partial charge in [0.1, 0.15) is 10.9 Å². The number of fused-ring (bicyclic) bond motifs is 1. The monoisotopic (exact) mass is 424 g/mol. The van der Waals surface area contributed by atoms with Crippen LogP contribution in [0.15, 0.2) is 59.6 Å². The van der Waals surface area contributed by atoms with E-state index >= 15 is 0 Å². The summed E-state index contributed by atoms with van der Waals surface area (Å²) in [5.41, 5.74) is 2.08. The Morgan fingerprint density at radius 2 is 1.83 bits per heavy atom. The molecule has 2 heterocycles. The smallest absolute Gasteiger partial charge is 0.265 e. The Labute approximate surface area is 178 Å². The fourth-order valence-corrected chi connectivity index (χ4v) is 4.42. The van der Waals surface area contributed by atoms with Crippen molar-refractivity contribution in [2.45, 2.75) is 6.54 Å². The van der Waals surface area contributed by atoms with E-state index < -0.39 is 0 Å². The first-order valence-electron chi connectivity index (χ1n) is 9.13. The van der Waals surface area contributed by atoms with E-state index in [1.165, 1.54) is 16.7 Å². The highest BCUT2D eigenvalue weighted by molar-refractivity contribution is 8.26. The third-order valence-corrected chi connectivity index (χ3v) is 6.24. The van der Waals surface area contributed by atoms with E-state index in [1.807, 2.05) is 42.5 Å². The first kappa shape index (κ1) is 19.5. The van der Waals surface area contributed by atoms with Crippen molar-refractivity contribution >= 4 is 51.2 Å². The Bertz CT molecular complexity index is 1120. The fraction of sp³-hybridized carbons (Fsp3) is 0.182. The quantitative estimate of drug-likeness (QED) is 0.429. The number of carbonyl (C=O) groups is 1. The number of nitrogens with zero attached hydrogens (tertiary/aromatic N) is 2. The minimum atomic E-state index is -0.0589. The van der Waals surface area contributed by atoms with Crippen molar-refractivity contribution in [3.05, 3.63) is 65.2 Å². The number of rotatable bonds is 6. The SMILES string of the molecule is COc1ccccc1OCCn1cc(/C=C2\SC(=S)N(C)C2=O)c2ccccc21. The van der Waals surface area contributed by atoms with Crippen LogP contribution in [0, 0.1) is 0 Å². The number of hydrogen-bond acceptors (Lipinski definition) is 5. The third kappa shape index (κ3) is 3.88. The lowest BCUT2D eigenvalue weighted by Gasteiger charge is -2.11. The van der Waals surface area contributed by atoms with Crippen LogP contribution < -0.4 is 9.47 Å². The molecule has 0 spiro atoms. The summed E-state index contributed by atoms with van der Waals surface area (Å²) in [6.07, 6.45) is 3.97. The van der Waals surface area contributed by atoms with E-state index in [1.54, 1.807) is 14.2 Å². The van der Waals surface area contributed by atoms with Gasteiger partial charge in [0.25, 0.3) is 5.91 Å². The van der Waals surface area contributed by atoms with E-state index in [2.05, 4.69) is 22.9 Å². The van der Waals surface area contributed by atoms with Crippen molar-refractivity contribution in [1.29, 1.82) is 0 Å². The number of thioether (sulfide) groups is 1. The number of likely N-dealkylation sites (N-methyl/N-ethyl adjacent to an activating group) is 1. The summed E-state index contributed by atoms with van der Waals surface area (Å²) in [4.78, 5) is 14.5. The van der Waals surface area contributed by atoms with Crippen molar-refractivity contribution < 1.29 is 14.3 Å². The number of amides is 1. The van der Waals surface area contributed by atoms with Crippen LogP contribution in [0.1, 0.15) is 5.56 Å². The molecule has 0 unspecified atom stereocenters. The summed E-state index contributed by atoms with van der Waals surface area (Å²) < 4.78 is 14.0. The molecule has 2 aromatic carbocycles. The highest BCUT2D eigenvalue weighted by Gasteiger charge is 2.29. The van der Waals surface area contributed by atoms with Gasteiger partial charge in [0.15, 0.2) is 11.5 Å². The molecule has 29 heavy (non-hydrogen) atoms. The van der Waals surface area contributed by atoms with E-state index in [0.29, 0.717) is 28.1 Å². The van der Waals surface area contributed by atoms with Crippen LogP contribution in [-0.2, 0) is 11.3 Å². The van der Waals surface area contributed by atoms with Crippen molar-refractivity contribution in [2.24, 2.45) is 0 Å². The first-order valence-corrected chi connectivity index (χ1v) is 10.4. The van der Waals surface area contributed by atoms with Gasteiger partial charge in [-0.2, -0.15) is 0 Å². The van der Waals surface area contributed by atoms with Gasteiger partial charge >= 0.3 is 0 Å². The van der Waals surface area contributed by atoms with Crippen molar-refractivity contribution in [2.75, 3.05) is 20.8 Å². The first-order chi connectivity index (χ1) is 14.1. The zero-order chi connectivity index (χ0) is 20.4. The largest absolute Gasteiger partial charge is 0.493 e. The maximum Gasteiger partial charge on any atom is 0.265 e.